The van der Waals surface area contributed by atoms with Crippen LogP contribution in [0.3, 0.4) is 0 Å². The normalized spacial score (nSPS) is 11.0. The molecule has 3 rings (SSSR count). The van der Waals surface area contributed by atoms with Gasteiger partial charge in [0.25, 0.3) is 0 Å². The molecule has 0 radical (unpaired) electrons. The van der Waals surface area contributed by atoms with Gasteiger partial charge >= 0.3 is 0 Å². The fourth-order valence-corrected chi connectivity index (χ4v) is 2.66. The molecule has 0 spiro atoms. The van der Waals surface area contributed by atoms with E-state index in [1.54, 1.807) is 6.20 Å². The molecule has 5 nitrogen and oxygen atoms in total. The van der Waals surface area contributed by atoms with Crippen molar-refractivity contribution in [2.24, 2.45) is 0 Å². The molecule has 3 heterocycles. The lowest BCUT2D eigenvalue weighted by molar-refractivity contribution is 0.650. The van der Waals surface area contributed by atoms with Gasteiger partial charge in [-0.2, -0.15) is 10.2 Å². The molecule has 0 aliphatic carbocycles. The highest BCUT2D eigenvalue weighted by Crippen LogP contribution is 2.27. The third-order valence-electron chi connectivity index (χ3n) is 3.91. The van der Waals surface area contributed by atoms with E-state index in [1.165, 1.54) is 18.4 Å². The summed E-state index contributed by atoms with van der Waals surface area (Å²) in [6, 6.07) is 4.19. The summed E-state index contributed by atoms with van der Waals surface area (Å²) in [5.41, 5.74) is 4.14. The first-order chi connectivity index (χ1) is 10.7. The first-order valence-corrected chi connectivity index (χ1v) is 7.70. The SMILES string of the molecule is CCCCn1ccc2c(Nc3c(C)cnnc3C)nccc21. The second kappa shape index (κ2) is 6.13. The standard InChI is InChI=1S/C17H21N5/c1-4-5-9-22-10-7-14-15(22)6-8-18-17(14)20-16-12(2)11-19-21-13(16)3/h6-8,10-11H,4-5,9H2,1-3H3,(H,18,19,20). The molecule has 0 bridgehead atoms. The van der Waals surface area contributed by atoms with E-state index in [2.05, 4.69) is 50.3 Å². The minimum atomic E-state index is 0.868. The Morgan fingerprint density at radius 1 is 1.23 bits per heavy atom. The molecule has 0 aromatic carbocycles. The number of nitrogens with one attached hydrogen (secondary N) is 1. The zero-order valence-electron chi connectivity index (χ0n) is 13.3. The van der Waals surface area contributed by atoms with Gasteiger partial charge in [0.15, 0.2) is 0 Å². The van der Waals surface area contributed by atoms with Crippen LogP contribution in [-0.2, 0) is 6.54 Å². The molecular formula is C17H21N5. The van der Waals surface area contributed by atoms with Gasteiger partial charge in [0.05, 0.1) is 23.1 Å². The van der Waals surface area contributed by atoms with E-state index in [-0.39, 0.29) is 0 Å². The number of hydrogen-bond donors (Lipinski definition) is 1. The van der Waals surface area contributed by atoms with Gasteiger partial charge < -0.3 is 9.88 Å². The quantitative estimate of drug-likeness (QED) is 0.773. The molecule has 0 aliphatic heterocycles. The van der Waals surface area contributed by atoms with Crippen molar-refractivity contribution in [2.45, 2.75) is 40.2 Å². The number of nitrogens with zero attached hydrogens (tertiary/aromatic N) is 4. The van der Waals surface area contributed by atoms with Gasteiger partial charge in [-0.25, -0.2) is 4.98 Å². The monoisotopic (exact) mass is 295 g/mol. The Morgan fingerprint density at radius 3 is 2.86 bits per heavy atom. The van der Waals surface area contributed by atoms with Gasteiger partial charge in [-0.1, -0.05) is 13.3 Å². The first kappa shape index (κ1) is 14.5. The number of aromatic nitrogens is 4. The fourth-order valence-electron chi connectivity index (χ4n) is 2.66. The van der Waals surface area contributed by atoms with Gasteiger partial charge in [-0.05, 0) is 38.0 Å². The summed E-state index contributed by atoms with van der Waals surface area (Å²) in [7, 11) is 0. The van der Waals surface area contributed by atoms with Crippen molar-refractivity contribution in [3.63, 3.8) is 0 Å². The molecule has 0 saturated carbocycles. The van der Waals surface area contributed by atoms with Crippen LogP contribution in [0.25, 0.3) is 10.9 Å². The summed E-state index contributed by atoms with van der Waals surface area (Å²) >= 11 is 0. The number of pyridine rings is 1. The summed E-state index contributed by atoms with van der Waals surface area (Å²) in [6.45, 7) is 7.23. The molecule has 0 fully saturated rings. The maximum atomic E-state index is 4.51. The number of aryl methyl sites for hydroxylation is 3. The molecule has 0 aliphatic rings. The van der Waals surface area contributed by atoms with Crippen LogP contribution < -0.4 is 5.32 Å². The predicted octanol–water partition coefficient (Wildman–Crippen LogP) is 3.99. The number of hydrogen-bond acceptors (Lipinski definition) is 4. The van der Waals surface area contributed by atoms with Crippen LogP contribution in [0, 0.1) is 13.8 Å². The van der Waals surface area contributed by atoms with Crippen LogP contribution in [-0.4, -0.2) is 19.7 Å². The molecular weight excluding hydrogens is 274 g/mol. The zero-order chi connectivity index (χ0) is 15.5. The Hall–Kier alpha value is -2.43. The molecule has 1 N–H and O–H groups in total. The van der Waals surface area contributed by atoms with Crippen LogP contribution in [0.15, 0.2) is 30.7 Å². The van der Waals surface area contributed by atoms with E-state index >= 15 is 0 Å². The Bertz CT molecular complexity index is 771. The molecule has 0 unspecified atom stereocenters. The molecule has 3 aromatic heterocycles. The van der Waals surface area contributed by atoms with Crippen LogP contribution in [0.5, 0.6) is 0 Å². The largest absolute Gasteiger partial charge is 0.347 e. The van der Waals surface area contributed by atoms with E-state index in [0.717, 1.165) is 34.7 Å². The van der Waals surface area contributed by atoms with Gasteiger partial charge in [-0.15, -0.1) is 0 Å². The summed E-state index contributed by atoms with van der Waals surface area (Å²) < 4.78 is 2.29. The third kappa shape index (κ3) is 2.66. The highest BCUT2D eigenvalue weighted by Gasteiger charge is 2.10. The Morgan fingerprint density at radius 2 is 2.09 bits per heavy atom. The Labute approximate surface area is 130 Å². The minimum absolute atomic E-state index is 0.868. The predicted molar refractivity (Wildman–Crippen MR) is 89.4 cm³/mol. The number of rotatable bonds is 5. The topological polar surface area (TPSA) is 55.6 Å². The maximum Gasteiger partial charge on any atom is 0.139 e. The van der Waals surface area contributed by atoms with Crippen molar-refractivity contribution >= 4 is 22.4 Å². The van der Waals surface area contributed by atoms with Crippen molar-refractivity contribution in [2.75, 3.05) is 5.32 Å². The lowest BCUT2D eigenvalue weighted by Gasteiger charge is -2.11. The minimum Gasteiger partial charge on any atom is -0.347 e. The first-order valence-electron chi connectivity index (χ1n) is 7.70. The zero-order valence-corrected chi connectivity index (χ0v) is 13.3. The van der Waals surface area contributed by atoms with Crippen LogP contribution in [0.2, 0.25) is 0 Å². The van der Waals surface area contributed by atoms with E-state index in [0.29, 0.717) is 0 Å². The Kier molecular flexibility index (Phi) is 4.04. The second-order valence-corrected chi connectivity index (χ2v) is 5.57. The molecule has 0 amide bonds. The molecule has 22 heavy (non-hydrogen) atoms. The summed E-state index contributed by atoms with van der Waals surface area (Å²) in [6.07, 6.45) is 8.13. The van der Waals surface area contributed by atoms with Crippen LogP contribution >= 0.6 is 0 Å². The van der Waals surface area contributed by atoms with E-state index in [9.17, 15) is 0 Å². The van der Waals surface area contributed by atoms with E-state index in [1.807, 2.05) is 20.0 Å². The van der Waals surface area contributed by atoms with Gasteiger partial charge in [-0.3, -0.25) is 0 Å². The third-order valence-corrected chi connectivity index (χ3v) is 3.91. The van der Waals surface area contributed by atoms with E-state index in [4.69, 9.17) is 0 Å². The molecule has 0 saturated heterocycles. The number of unbranched alkanes of at least 4 members (excludes halogenated alkanes) is 1. The lowest BCUT2D eigenvalue weighted by atomic mass is 10.2. The highest BCUT2D eigenvalue weighted by atomic mass is 15.1. The summed E-state index contributed by atoms with van der Waals surface area (Å²) in [5, 5.41) is 12.6. The lowest BCUT2D eigenvalue weighted by Crippen LogP contribution is -2.02. The molecule has 0 atom stereocenters. The molecule has 5 heteroatoms. The van der Waals surface area contributed by atoms with Gasteiger partial charge in [0.1, 0.15) is 5.82 Å². The van der Waals surface area contributed by atoms with Gasteiger partial charge in [0.2, 0.25) is 0 Å². The van der Waals surface area contributed by atoms with Crippen molar-refractivity contribution < 1.29 is 0 Å². The van der Waals surface area contributed by atoms with Crippen LogP contribution in [0.4, 0.5) is 11.5 Å². The van der Waals surface area contributed by atoms with Crippen molar-refractivity contribution in [3.05, 3.63) is 42.0 Å². The molecule has 114 valence electrons. The van der Waals surface area contributed by atoms with Crippen molar-refractivity contribution in [1.29, 1.82) is 0 Å². The second-order valence-electron chi connectivity index (χ2n) is 5.57. The smallest absolute Gasteiger partial charge is 0.139 e. The fraction of sp³-hybridized carbons (Fsp3) is 0.353. The van der Waals surface area contributed by atoms with Crippen molar-refractivity contribution in [3.8, 4) is 0 Å². The summed E-state index contributed by atoms with van der Waals surface area (Å²) in [4.78, 5) is 4.51. The average Bonchev–Trinajstić information content (AvgIpc) is 2.93. The summed E-state index contributed by atoms with van der Waals surface area (Å²) in [5.74, 6) is 0.868. The number of fused-ring (bicyclic) bond motifs is 1. The highest BCUT2D eigenvalue weighted by molar-refractivity contribution is 5.92. The molecule has 3 aromatic rings. The van der Waals surface area contributed by atoms with E-state index < -0.39 is 0 Å². The average molecular weight is 295 g/mol. The maximum absolute atomic E-state index is 4.51. The van der Waals surface area contributed by atoms with Gasteiger partial charge in [0, 0.05) is 24.3 Å². The van der Waals surface area contributed by atoms with Crippen LogP contribution in [0.1, 0.15) is 31.0 Å². The van der Waals surface area contributed by atoms with Crippen molar-refractivity contribution in [1.82, 2.24) is 19.7 Å². The Balaban J connectivity index is 1.99. The number of anilines is 2.